The van der Waals surface area contributed by atoms with Crippen LogP contribution in [0.2, 0.25) is 0 Å². The van der Waals surface area contributed by atoms with Crippen molar-refractivity contribution in [2.45, 2.75) is 88.4 Å². The first kappa shape index (κ1) is 39.5. The molecular formula is C34H51F3N2O4. The van der Waals surface area contributed by atoms with Gasteiger partial charge in [0.05, 0.1) is 29.9 Å². The van der Waals surface area contributed by atoms with Crippen LogP contribution in [0.4, 0.5) is 13.2 Å². The molecule has 3 rings (SSSR count). The molecule has 2 aromatic carbocycles. The van der Waals surface area contributed by atoms with Crippen molar-refractivity contribution in [1.29, 1.82) is 0 Å². The van der Waals surface area contributed by atoms with Gasteiger partial charge in [0.15, 0.2) is 5.75 Å². The van der Waals surface area contributed by atoms with Gasteiger partial charge < -0.3 is 19.4 Å². The number of aromatic nitrogens is 1. The number of carbonyl (C=O) groups excluding carboxylic acids is 1. The van der Waals surface area contributed by atoms with Crippen molar-refractivity contribution in [1.82, 2.24) is 9.88 Å². The fourth-order valence-electron chi connectivity index (χ4n) is 3.91. The Morgan fingerprint density at radius 2 is 1.44 bits per heavy atom. The number of alkyl halides is 3. The van der Waals surface area contributed by atoms with Crippen LogP contribution in [0.15, 0.2) is 53.3 Å². The summed E-state index contributed by atoms with van der Waals surface area (Å²) in [5, 5.41) is 3.36. The smallest absolute Gasteiger partial charge is 0.419 e. The number of carbonyl (C=O) groups is 1. The van der Waals surface area contributed by atoms with Crippen LogP contribution in [0.1, 0.15) is 91.6 Å². The topological polar surface area (TPSA) is 69.6 Å². The first-order valence-electron chi connectivity index (χ1n) is 15.4. The molecule has 1 aromatic heterocycles. The van der Waals surface area contributed by atoms with Crippen LogP contribution in [0.25, 0.3) is 10.9 Å². The number of benzene rings is 2. The molecule has 1 amide bonds. The fraction of sp³-hybridized carbons (Fsp3) is 0.529. The SMILES string of the molecule is CC.CC.CC.CC(C)COc1c(C(=O)NCCCOc2ccccc2C(F)(F)F)c2ccccc2n(CC(C)C)c1=O. The van der Waals surface area contributed by atoms with Crippen LogP contribution in [0.5, 0.6) is 11.5 Å². The Hall–Kier alpha value is -3.49. The molecule has 0 unspecified atom stereocenters. The van der Waals surface area contributed by atoms with Crippen LogP contribution in [-0.2, 0) is 12.7 Å². The van der Waals surface area contributed by atoms with E-state index in [2.05, 4.69) is 5.32 Å². The van der Waals surface area contributed by atoms with E-state index in [1.165, 1.54) is 18.2 Å². The van der Waals surface area contributed by atoms with Crippen molar-refractivity contribution in [2.24, 2.45) is 11.8 Å². The van der Waals surface area contributed by atoms with Gasteiger partial charge in [-0.15, -0.1) is 0 Å². The Balaban J connectivity index is 0.00000276. The number of ether oxygens (including phenoxy) is 2. The number of pyridine rings is 1. The minimum Gasteiger partial charge on any atom is -0.493 e. The molecule has 3 aromatic rings. The average molecular weight is 609 g/mol. The summed E-state index contributed by atoms with van der Waals surface area (Å²) in [5.74, 6) is -0.413. The Bertz CT molecular complexity index is 1280. The van der Waals surface area contributed by atoms with E-state index in [1.54, 1.807) is 22.8 Å². The quantitative estimate of drug-likeness (QED) is 0.221. The van der Waals surface area contributed by atoms with E-state index < -0.39 is 17.6 Å². The van der Waals surface area contributed by atoms with E-state index in [9.17, 15) is 22.8 Å². The molecule has 0 saturated heterocycles. The summed E-state index contributed by atoms with van der Waals surface area (Å²) < 4.78 is 52.3. The zero-order valence-electron chi connectivity index (χ0n) is 27.5. The second-order valence-electron chi connectivity index (χ2n) is 9.69. The summed E-state index contributed by atoms with van der Waals surface area (Å²) in [5.41, 5.74) is -0.426. The summed E-state index contributed by atoms with van der Waals surface area (Å²) in [7, 11) is 0. The van der Waals surface area contributed by atoms with Crippen molar-refractivity contribution in [3.05, 3.63) is 70.0 Å². The van der Waals surface area contributed by atoms with Gasteiger partial charge in [-0.2, -0.15) is 13.2 Å². The Kier molecular flexibility index (Phi) is 18.8. The molecule has 1 N–H and O–H groups in total. The van der Waals surface area contributed by atoms with E-state index in [0.717, 1.165) is 6.07 Å². The van der Waals surface area contributed by atoms with Crippen molar-refractivity contribution in [3.8, 4) is 11.5 Å². The number of hydrogen-bond acceptors (Lipinski definition) is 4. The van der Waals surface area contributed by atoms with E-state index >= 15 is 0 Å². The number of rotatable bonds is 11. The van der Waals surface area contributed by atoms with Crippen molar-refractivity contribution in [2.75, 3.05) is 19.8 Å². The summed E-state index contributed by atoms with van der Waals surface area (Å²) >= 11 is 0. The lowest BCUT2D eigenvalue weighted by Gasteiger charge is -2.20. The Morgan fingerprint density at radius 3 is 2.02 bits per heavy atom. The molecule has 0 radical (unpaired) electrons. The molecule has 0 aliphatic heterocycles. The summed E-state index contributed by atoms with van der Waals surface area (Å²) in [4.78, 5) is 26.7. The molecule has 0 aliphatic rings. The van der Waals surface area contributed by atoms with Gasteiger partial charge in [-0.3, -0.25) is 9.59 Å². The summed E-state index contributed by atoms with van der Waals surface area (Å²) in [6.07, 6.45) is -4.25. The summed E-state index contributed by atoms with van der Waals surface area (Å²) in [6, 6.07) is 12.2. The molecule has 1 heterocycles. The second-order valence-corrected chi connectivity index (χ2v) is 9.69. The number of nitrogens with one attached hydrogen (secondary N) is 1. The van der Waals surface area contributed by atoms with E-state index in [1.807, 2.05) is 75.3 Å². The number of para-hydroxylation sites is 2. The van der Waals surface area contributed by atoms with E-state index in [4.69, 9.17) is 9.47 Å². The highest BCUT2D eigenvalue weighted by Gasteiger charge is 2.34. The van der Waals surface area contributed by atoms with Gasteiger partial charge in [0, 0.05) is 18.5 Å². The molecule has 6 nitrogen and oxygen atoms in total. The average Bonchev–Trinajstić information content (AvgIpc) is 3.00. The van der Waals surface area contributed by atoms with Crippen LogP contribution in [0.3, 0.4) is 0 Å². The van der Waals surface area contributed by atoms with E-state index in [0.29, 0.717) is 17.4 Å². The van der Waals surface area contributed by atoms with Gasteiger partial charge in [-0.1, -0.05) is 99.6 Å². The Labute approximate surface area is 255 Å². The highest BCUT2D eigenvalue weighted by atomic mass is 19.4. The standard InChI is InChI=1S/C28H33F3N2O4.3C2H6/c1-18(2)16-33-22-12-7-5-10-20(22)24(25(27(33)35)37-17-19(3)4)26(34)32-14-9-15-36-23-13-8-6-11-21(23)28(29,30)31;3*1-2/h5-8,10-13,18-19H,9,14-17H2,1-4H3,(H,32,34);3*1-2H3. The maximum absolute atomic E-state index is 13.4. The maximum atomic E-state index is 13.4. The molecular weight excluding hydrogens is 557 g/mol. The molecule has 0 fully saturated rings. The molecule has 0 spiro atoms. The van der Waals surface area contributed by atoms with Crippen molar-refractivity contribution in [3.63, 3.8) is 0 Å². The number of halogens is 3. The van der Waals surface area contributed by atoms with Crippen molar-refractivity contribution >= 4 is 16.8 Å². The van der Waals surface area contributed by atoms with Gasteiger partial charge >= 0.3 is 6.18 Å². The van der Waals surface area contributed by atoms with Gasteiger partial charge in [-0.05, 0) is 36.5 Å². The lowest BCUT2D eigenvalue weighted by Crippen LogP contribution is -2.32. The third-order valence-corrected chi connectivity index (χ3v) is 5.52. The molecule has 0 aliphatic carbocycles. The number of fused-ring (bicyclic) bond motifs is 1. The highest BCUT2D eigenvalue weighted by Crippen LogP contribution is 2.36. The number of amides is 1. The van der Waals surface area contributed by atoms with E-state index in [-0.39, 0.29) is 60.6 Å². The van der Waals surface area contributed by atoms with Crippen molar-refractivity contribution < 1.29 is 27.4 Å². The minimum absolute atomic E-state index is 0.000838. The predicted octanol–water partition coefficient (Wildman–Crippen LogP) is 8.99. The number of hydrogen-bond donors (Lipinski definition) is 1. The van der Waals surface area contributed by atoms with Crippen LogP contribution >= 0.6 is 0 Å². The second kappa shape index (κ2) is 20.4. The van der Waals surface area contributed by atoms with Crippen LogP contribution < -0.4 is 20.3 Å². The van der Waals surface area contributed by atoms with Crippen LogP contribution in [0, 0.1) is 11.8 Å². The first-order valence-corrected chi connectivity index (χ1v) is 15.4. The normalized spacial score (nSPS) is 10.6. The zero-order chi connectivity index (χ0) is 33.2. The van der Waals surface area contributed by atoms with Gasteiger partial charge in [0.1, 0.15) is 5.75 Å². The fourth-order valence-corrected chi connectivity index (χ4v) is 3.91. The molecule has 0 bridgehead atoms. The lowest BCUT2D eigenvalue weighted by molar-refractivity contribution is -0.138. The van der Waals surface area contributed by atoms with Gasteiger partial charge in [0.2, 0.25) is 0 Å². The predicted molar refractivity (Wildman–Crippen MR) is 171 cm³/mol. The van der Waals surface area contributed by atoms with Crippen LogP contribution in [-0.4, -0.2) is 30.2 Å². The molecule has 0 atom stereocenters. The summed E-state index contributed by atoms with van der Waals surface area (Å²) in [6.45, 7) is 20.8. The molecule has 43 heavy (non-hydrogen) atoms. The first-order chi connectivity index (χ1) is 20.5. The molecule has 0 saturated carbocycles. The third-order valence-electron chi connectivity index (χ3n) is 5.52. The lowest BCUT2D eigenvalue weighted by atomic mass is 10.1. The minimum atomic E-state index is -4.52. The van der Waals surface area contributed by atoms with Gasteiger partial charge in [-0.25, -0.2) is 0 Å². The zero-order valence-corrected chi connectivity index (χ0v) is 27.5. The third kappa shape index (κ3) is 12.0. The Morgan fingerprint density at radius 1 is 0.860 bits per heavy atom. The monoisotopic (exact) mass is 608 g/mol. The molecule has 242 valence electrons. The maximum Gasteiger partial charge on any atom is 0.419 e. The molecule has 9 heteroatoms. The number of nitrogens with zero attached hydrogens (tertiary/aromatic N) is 1. The highest BCUT2D eigenvalue weighted by molar-refractivity contribution is 6.08. The largest absolute Gasteiger partial charge is 0.493 e. The van der Waals surface area contributed by atoms with Gasteiger partial charge in [0.25, 0.3) is 11.5 Å².